The summed E-state index contributed by atoms with van der Waals surface area (Å²) >= 11 is 0. The van der Waals surface area contributed by atoms with Gasteiger partial charge in [-0.1, -0.05) is 135 Å². The smallest absolute Gasteiger partial charge is 0.472 e. The second-order valence-electron chi connectivity index (χ2n) is 14.9. The minimum atomic E-state index is -4.35. The van der Waals surface area contributed by atoms with E-state index in [4.69, 9.17) is 24.3 Å². The number of hydrogen-bond acceptors (Lipinski definition) is 10. The number of carbonyl (C=O) groups is 1. The van der Waals surface area contributed by atoms with Gasteiger partial charge in [0, 0.05) is 25.3 Å². The third kappa shape index (κ3) is 27.0. The van der Waals surface area contributed by atoms with Gasteiger partial charge in [-0.2, -0.15) is 0 Å². The van der Waals surface area contributed by atoms with Gasteiger partial charge >= 0.3 is 13.8 Å². The molecule has 0 aromatic heterocycles. The number of allylic oxidation sites excluding steroid dienone is 1. The van der Waals surface area contributed by atoms with Crippen LogP contribution in [0.2, 0.25) is 0 Å². The highest BCUT2D eigenvalue weighted by atomic mass is 31.2. The van der Waals surface area contributed by atoms with E-state index in [0.717, 1.165) is 57.8 Å². The van der Waals surface area contributed by atoms with E-state index in [0.29, 0.717) is 19.3 Å². The van der Waals surface area contributed by atoms with Gasteiger partial charge in [0.05, 0.1) is 37.8 Å². The first-order chi connectivity index (χ1) is 25.6. The van der Waals surface area contributed by atoms with E-state index in [-0.39, 0.29) is 44.6 Å². The summed E-state index contributed by atoms with van der Waals surface area (Å²) in [5, 5.41) is 31.3. The number of aliphatic hydroxyl groups excluding tert-OH is 3. The molecule has 0 spiro atoms. The summed E-state index contributed by atoms with van der Waals surface area (Å²) in [6.45, 7) is 3.90. The Balaban J connectivity index is 2.37. The highest BCUT2D eigenvalue weighted by molar-refractivity contribution is 7.47. The van der Waals surface area contributed by atoms with Crippen molar-refractivity contribution in [3.8, 4) is 0 Å². The van der Waals surface area contributed by atoms with Crippen molar-refractivity contribution in [1.29, 1.82) is 0 Å². The number of phosphoric ester groups is 1. The molecule has 1 saturated carbocycles. The van der Waals surface area contributed by atoms with Gasteiger partial charge in [0.25, 0.3) is 0 Å². The maximum atomic E-state index is 12.7. The Bertz CT molecular complexity index is 982. The van der Waals surface area contributed by atoms with Crippen LogP contribution in [-0.4, -0.2) is 77.0 Å². The Morgan fingerprint density at radius 3 is 2.08 bits per heavy atom. The molecule has 0 aliphatic heterocycles. The van der Waals surface area contributed by atoms with Crippen LogP contribution >= 0.6 is 7.82 Å². The third-order valence-corrected chi connectivity index (χ3v) is 11.0. The molecule has 0 heterocycles. The summed E-state index contributed by atoms with van der Waals surface area (Å²) in [7, 11) is -4.35. The van der Waals surface area contributed by atoms with Crippen LogP contribution in [0.4, 0.5) is 0 Å². The van der Waals surface area contributed by atoms with Gasteiger partial charge in [-0.15, -0.1) is 0 Å². The summed E-state index contributed by atoms with van der Waals surface area (Å²) in [5.41, 5.74) is 5.35. The molecular weight excluding hydrogens is 697 g/mol. The average molecular weight is 776 g/mol. The van der Waals surface area contributed by atoms with Gasteiger partial charge in [0.2, 0.25) is 0 Å². The van der Waals surface area contributed by atoms with Crippen molar-refractivity contribution in [3.05, 3.63) is 24.5 Å². The Morgan fingerprint density at radius 1 is 0.811 bits per heavy atom. The van der Waals surface area contributed by atoms with Crippen molar-refractivity contribution in [3.63, 3.8) is 0 Å². The molecule has 53 heavy (non-hydrogen) atoms. The molecule has 0 saturated heterocycles. The zero-order valence-electron chi connectivity index (χ0n) is 33.3. The van der Waals surface area contributed by atoms with E-state index < -0.39 is 38.2 Å². The van der Waals surface area contributed by atoms with Crippen LogP contribution in [0.1, 0.15) is 168 Å². The highest BCUT2D eigenvalue weighted by Crippen LogP contribution is 2.43. The molecule has 1 fully saturated rings. The van der Waals surface area contributed by atoms with Crippen molar-refractivity contribution in [2.45, 2.75) is 192 Å². The van der Waals surface area contributed by atoms with Crippen molar-refractivity contribution < 1.29 is 48.1 Å². The van der Waals surface area contributed by atoms with Crippen molar-refractivity contribution in [2.75, 3.05) is 26.4 Å². The fourth-order valence-electron chi connectivity index (χ4n) is 6.88. The summed E-state index contributed by atoms with van der Waals surface area (Å²) in [6.07, 6.45) is 29.2. The number of unbranched alkanes of at least 4 members (excludes halogenated alkanes) is 17. The number of ether oxygens (including phenoxy) is 2. The summed E-state index contributed by atoms with van der Waals surface area (Å²) in [4.78, 5) is 22.6. The van der Waals surface area contributed by atoms with Crippen LogP contribution in [0.15, 0.2) is 24.5 Å². The molecule has 6 N–H and O–H groups in total. The predicted molar refractivity (Wildman–Crippen MR) is 212 cm³/mol. The highest BCUT2D eigenvalue weighted by Gasteiger charge is 2.39. The molecule has 12 heteroatoms. The largest absolute Gasteiger partial charge is 0.498 e. The summed E-state index contributed by atoms with van der Waals surface area (Å²) in [5.74, 6) is -0.693. The second-order valence-corrected chi connectivity index (χ2v) is 16.3. The molecule has 0 radical (unpaired) electrons. The van der Waals surface area contributed by atoms with E-state index in [9.17, 15) is 29.6 Å². The maximum Gasteiger partial charge on any atom is 0.472 e. The fourth-order valence-corrected chi connectivity index (χ4v) is 7.65. The Hall–Kier alpha value is -1.30. The van der Waals surface area contributed by atoms with Crippen LogP contribution in [0, 0.1) is 11.8 Å². The SMILES string of the molecule is CCCCCCCCCCCCCC/C=C/OC[C@H](COP(=O)(O)OCCN)OC(=O)CCCCCC[C@@H]1[C@@H](/C=C/[C@@H](O)CCCCC)[C@H](O)C[C@@H]1O. The zero-order chi connectivity index (χ0) is 39.0. The predicted octanol–water partition coefficient (Wildman–Crippen LogP) is 8.81. The molecule has 0 aromatic carbocycles. The van der Waals surface area contributed by atoms with Crippen LogP contribution in [-0.2, 0) is 27.9 Å². The molecule has 1 aliphatic rings. The van der Waals surface area contributed by atoms with E-state index >= 15 is 0 Å². The first kappa shape index (κ1) is 49.7. The molecule has 1 aliphatic carbocycles. The molecule has 0 aromatic rings. The van der Waals surface area contributed by atoms with Crippen LogP contribution in [0.5, 0.6) is 0 Å². The first-order valence-corrected chi connectivity index (χ1v) is 22.6. The number of phosphoric acid groups is 1. The number of nitrogens with two attached hydrogens (primary N) is 1. The number of esters is 1. The van der Waals surface area contributed by atoms with E-state index in [1.807, 2.05) is 12.2 Å². The van der Waals surface area contributed by atoms with Crippen LogP contribution in [0.3, 0.4) is 0 Å². The molecule has 1 rings (SSSR count). The maximum absolute atomic E-state index is 12.7. The minimum Gasteiger partial charge on any atom is -0.498 e. The Morgan fingerprint density at radius 2 is 1.42 bits per heavy atom. The van der Waals surface area contributed by atoms with Crippen LogP contribution in [0.25, 0.3) is 0 Å². The molecule has 7 atom stereocenters. The van der Waals surface area contributed by atoms with Crippen molar-refractivity contribution in [2.24, 2.45) is 17.6 Å². The average Bonchev–Trinajstić information content (AvgIpc) is 3.40. The number of carbonyl (C=O) groups excluding carboxylic acids is 1. The van der Waals surface area contributed by atoms with Crippen molar-refractivity contribution in [1.82, 2.24) is 0 Å². The summed E-state index contributed by atoms with van der Waals surface area (Å²) < 4.78 is 33.2. The molecule has 312 valence electrons. The van der Waals surface area contributed by atoms with Gasteiger partial charge in [-0.05, 0) is 44.1 Å². The number of rotatable bonds is 36. The summed E-state index contributed by atoms with van der Waals surface area (Å²) in [6, 6.07) is 0. The topological polar surface area (TPSA) is 178 Å². The molecular formula is C41H78NO10P. The zero-order valence-corrected chi connectivity index (χ0v) is 34.2. The quantitative estimate of drug-likeness (QED) is 0.0135. The van der Waals surface area contributed by atoms with Gasteiger partial charge in [0.1, 0.15) is 6.61 Å². The molecule has 0 bridgehead atoms. The standard InChI is InChI=1S/C41H78NO10P/c1-3-5-7-8-9-10-11-12-13-14-15-16-19-23-30-49-33-36(34-51-53(47,48)50-31-29-42)52-41(46)26-22-18-17-21-25-37-38(40(45)32-39(37)44)28-27-35(43)24-20-6-4-2/h23,27-28,30,35-40,43-45H,3-22,24-26,29,31-34,42H2,1-2H3,(H,47,48)/b28-27+,30-23+/t35-,36+,37+,38+,39-,40+/m0/s1. The number of aliphatic hydroxyl groups is 3. The van der Waals surface area contributed by atoms with Gasteiger partial charge < -0.3 is 35.4 Å². The first-order valence-electron chi connectivity index (χ1n) is 21.1. The van der Waals surface area contributed by atoms with E-state index in [1.165, 1.54) is 70.6 Å². The Kier molecular flexibility index (Phi) is 30.9. The van der Waals surface area contributed by atoms with Gasteiger partial charge in [-0.25, -0.2) is 4.57 Å². The number of hydrogen-bond donors (Lipinski definition) is 5. The lowest BCUT2D eigenvalue weighted by Gasteiger charge is -2.21. The van der Waals surface area contributed by atoms with Gasteiger partial charge in [0.15, 0.2) is 6.10 Å². The lowest BCUT2D eigenvalue weighted by molar-refractivity contribution is -0.153. The minimum absolute atomic E-state index is 0.0292. The molecule has 0 amide bonds. The van der Waals surface area contributed by atoms with Crippen LogP contribution < -0.4 is 5.73 Å². The second kappa shape index (κ2) is 32.9. The Labute approximate surface area is 322 Å². The third-order valence-electron chi connectivity index (χ3n) is 10.0. The monoisotopic (exact) mass is 776 g/mol. The fraction of sp³-hybridized carbons (Fsp3) is 0.878. The lowest BCUT2D eigenvalue weighted by Crippen LogP contribution is -2.27. The molecule has 1 unspecified atom stereocenters. The lowest BCUT2D eigenvalue weighted by atomic mass is 9.88. The molecule has 11 nitrogen and oxygen atoms in total. The van der Waals surface area contributed by atoms with E-state index in [1.54, 1.807) is 12.3 Å². The van der Waals surface area contributed by atoms with Gasteiger partial charge in [-0.3, -0.25) is 13.8 Å². The van der Waals surface area contributed by atoms with E-state index in [2.05, 4.69) is 13.8 Å². The normalized spacial score (nSPS) is 21.3. The van der Waals surface area contributed by atoms with Crippen molar-refractivity contribution >= 4 is 13.8 Å².